The average Bonchev–Trinajstić information content (AvgIpc) is 2.96. The van der Waals surface area contributed by atoms with Gasteiger partial charge in [0.2, 0.25) is 0 Å². The number of aliphatic carboxylic acids is 1. The number of hydrogen-bond acceptors (Lipinski definition) is 8. The molecule has 226 valence electrons. The molecular weight excluding hydrogens is 597 g/mol. The number of methoxy groups -OCH3 is 1. The molecule has 0 spiro atoms. The van der Waals surface area contributed by atoms with Gasteiger partial charge in [0, 0.05) is 17.5 Å². The molecule has 2 heterocycles. The van der Waals surface area contributed by atoms with Gasteiger partial charge in [0.25, 0.3) is 17.4 Å². The van der Waals surface area contributed by atoms with Crippen molar-refractivity contribution in [2.24, 2.45) is 5.73 Å². The molecule has 0 bridgehead atoms. The number of nitrogens with one attached hydrogen (secondary N) is 3. The molecular formula is C27H24ClF3N6O6. The van der Waals surface area contributed by atoms with E-state index < -0.39 is 35.6 Å². The summed E-state index contributed by atoms with van der Waals surface area (Å²) < 4.78 is 36.8. The first-order valence-electron chi connectivity index (χ1n) is 12.2. The number of amides is 2. The number of benzene rings is 2. The number of nitrogens with zero attached hydrogens (tertiary/aromatic N) is 2. The summed E-state index contributed by atoms with van der Waals surface area (Å²) in [5.74, 6) is -3.86. The van der Waals surface area contributed by atoms with Gasteiger partial charge in [-0.25, -0.2) is 4.79 Å². The number of pyridine rings is 1. The minimum atomic E-state index is -5.08. The van der Waals surface area contributed by atoms with Crippen LogP contribution in [0.15, 0.2) is 59.4 Å². The van der Waals surface area contributed by atoms with E-state index in [1.54, 1.807) is 6.92 Å². The van der Waals surface area contributed by atoms with Crippen molar-refractivity contribution >= 4 is 46.1 Å². The zero-order valence-corrected chi connectivity index (χ0v) is 23.2. The van der Waals surface area contributed by atoms with Crippen molar-refractivity contribution in [2.75, 3.05) is 19.0 Å². The van der Waals surface area contributed by atoms with E-state index >= 15 is 0 Å². The SMILES string of the molecule is COc1nc(C)c2cc(C(=O)Nc3cc(C(=O)NC(CN)c4ccccc4)ccc3Cl)c(=O)[nH]c2n1.O=C(O)C(F)(F)F. The zero-order valence-electron chi connectivity index (χ0n) is 22.5. The van der Waals surface area contributed by atoms with Crippen LogP contribution < -0.4 is 26.7 Å². The number of nitrogens with two attached hydrogens (primary N) is 1. The Labute approximate surface area is 246 Å². The molecule has 0 aliphatic heterocycles. The van der Waals surface area contributed by atoms with E-state index in [1.807, 2.05) is 30.3 Å². The Morgan fingerprint density at radius 2 is 1.74 bits per heavy atom. The Bertz CT molecular complexity index is 1720. The number of carboxylic acid groups (broad SMARTS) is 1. The summed E-state index contributed by atoms with van der Waals surface area (Å²) in [4.78, 5) is 58.2. The number of fused-ring (bicyclic) bond motifs is 1. The van der Waals surface area contributed by atoms with Gasteiger partial charge in [-0.05, 0) is 36.8 Å². The minimum absolute atomic E-state index is 0.0962. The molecule has 0 aliphatic carbocycles. The van der Waals surface area contributed by atoms with Gasteiger partial charge in [-0.2, -0.15) is 23.1 Å². The fraction of sp³-hybridized carbons (Fsp3) is 0.185. The van der Waals surface area contributed by atoms with Gasteiger partial charge < -0.3 is 31.2 Å². The van der Waals surface area contributed by atoms with Gasteiger partial charge in [-0.1, -0.05) is 41.9 Å². The number of carboxylic acids is 1. The number of carbonyl (C=O) groups is 3. The van der Waals surface area contributed by atoms with Crippen LogP contribution in [0.2, 0.25) is 5.02 Å². The van der Waals surface area contributed by atoms with Crippen LogP contribution in [0.3, 0.4) is 0 Å². The lowest BCUT2D eigenvalue weighted by Crippen LogP contribution is -2.33. The molecule has 0 radical (unpaired) electrons. The number of halogens is 4. The number of hydrogen-bond donors (Lipinski definition) is 5. The lowest BCUT2D eigenvalue weighted by molar-refractivity contribution is -0.192. The van der Waals surface area contributed by atoms with Crippen LogP contribution in [0.25, 0.3) is 11.0 Å². The van der Waals surface area contributed by atoms with Crippen LogP contribution in [-0.4, -0.2) is 57.7 Å². The summed E-state index contributed by atoms with van der Waals surface area (Å²) in [7, 11) is 1.41. The molecule has 0 saturated carbocycles. The number of rotatable bonds is 7. The van der Waals surface area contributed by atoms with Crippen LogP contribution in [0.1, 0.15) is 38.0 Å². The maximum atomic E-state index is 13.0. The first-order chi connectivity index (χ1) is 20.2. The number of H-pyrrole nitrogens is 1. The van der Waals surface area contributed by atoms with Crippen LogP contribution in [0.4, 0.5) is 18.9 Å². The second-order valence-electron chi connectivity index (χ2n) is 8.69. The molecule has 16 heteroatoms. The summed E-state index contributed by atoms with van der Waals surface area (Å²) in [5.41, 5.74) is 7.08. The fourth-order valence-electron chi connectivity index (χ4n) is 3.63. The second kappa shape index (κ2) is 13.8. The molecule has 4 aromatic rings. The molecule has 0 aliphatic rings. The molecule has 6 N–H and O–H groups in total. The van der Waals surface area contributed by atoms with Crippen molar-refractivity contribution in [3.8, 4) is 6.01 Å². The molecule has 43 heavy (non-hydrogen) atoms. The monoisotopic (exact) mass is 620 g/mol. The van der Waals surface area contributed by atoms with Gasteiger partial charge in [0.05, 0.1) is 29.6 Å². The molecule has 4 rings (SSSR count). The van der Waals surface area contributed by atoms with Gasteiger partial charge in [0.15, 0.2) is 0 Å². The second-order valence-corrected chi connectivity index (χ2v) is 9.10. The fourth-order valence-corrected chi connectivity index (χ4v) is 3.79. The molecule has 2 aromatic heterocycles. The summed E-state index contributed by atoms with van der Waals surface area (Å²) >= 11 is 6.27. The highest BCUT2D eigenvalue weighted by molar-refractivity contribution is 6.34. The summed E-state index contributed by atoms with van der Waals surface area (Å²) in [6.07, 6.45) is -5.08. The summed E-state index contributed by atoms with van der Waals surface area (Å²) in [6, 6.07) is 14.9. The topological polar surface area (TPSA) is 189 Å². The maximum absolute atomic E-state index is 13.0. The molecule has 1 atom stereocenters. The van der Waals surface area contributed by atoms with Crippen molar-refractivity contribution in [2.45, 2.75) is 19.1 Å². The van der Waals surface area contributed by atoms with Crippen molar-refractivity contribution in [1.82, 2.24) is 20.3 Å². The minimum Gasteiger partial charge on any atom is -0.475 e. The Kier molecular flexibility index (Phi) is 10.4. The molecule has 0 saturated heterocycles. The lowest BCUT2D eigenvalue weighted by Gasteiger charge is -2.18. The van der Waals surface area contributed by atoms with Crippen LogP contribution in [0.5, 0.6) is 6.01 Å². The highest BCUT2D eigenvalue weighted by Crippen LogP contribution is 2.25. The van der Waals surface area contributed by atoms with E-state index in [2.05, 4.69) is 25.6 Å². The van der Waals surface area contributed by atoms with Crippen molar-refractivity contribution in [3.63, 3.8) is 0 Å². The van der Waals surface area contributed by atoms with Crippen molar-refractivity contribution < 1.29 is 37.4 Å². The lowest BCUT2D eigenvalue weighted by atomic mass is 10.1. The number of aryl methyl sites for hydroxylation is 1. The molecule has 2 aromatic carbocycles. The Balaban J connectivity index is 0.000000646. The molecule has 12 nitrogen and oxygen atoms in total. The number of anilines is 1. The summed E-state index contributed by atoms with van der Waals surface area (Å²) in [5, 5.41) is 13.3. The first-order valence-corrected chi connectivity index (χ1v) is 12.6. The molecule has 2 amide bonds. The van der Waals surface area contributed by atoms with E-state index in [9.17, 15) is 27.6 Å². The number of carbonyl (C=O) groups excluding carboxylic acids is 2. The van der Waals surface area contributed by atoms with Gasteiger partial charge in [-0.15, -0.1) is 0 Å². The highest BCUT2D eigenvalue weighted by Gasteiger charge is 2.38. The molecule has 0 fully saturated rings. The number of aromatic nitrogens is 3. The van der Waals surface area contributed by atoms with Crippen molar-refractivity contribution in [3.05, 3.63) is 92.4 Å². The standard InChI is InChI=1S/C25H23ClN6O4.C2HF3O2/c1-13-16-11-17(24(35)31-21(16)32-25(28-13)36-2)23(34)29-19-10-15(8-9-18(19)26)22(33)30-20(12-27)14-6-4-3-5-7-14;3-2(4,5)1(6)7/h3-11,20H,12,27H2,1-2H3,(H,29,34)(H,30,33)(H,28,31,32,35);(H,6,7). The first kappa shape index (κ1) is 32.5. The van der Waals surface area contributed by atoms with Gasteiger partial charge in [-0.3, -0.25) is 14.4 Å². The van der Waals surface area contributed by atoms with Crippen molar-refractivity contribution in [1.29, 1.82) is 0 Å². The number of alkyl halides is 3. The largest absolute Gasteiger partial charge is 0.490 e. The number of aromatic amines is 1. The molecule has 1 unspecified atom stereocenters. The summed E-state index contributed by atoms with van der Waals surface area (Å²) in [6.45, 7) is 1.90. The quantitative estimate of drug-likeness (QED) is 0.205. The van der Waals surface area contributed by atoms with Crippen LogP contribution in [-0.2, 0) is 4.79 Å². The highest BCUT2D eigenvalue weighted by atomic mass is 35.5. The van der Waals surface area contributed by atoms with E-state index in [-0.39, 0.29) is 40.0 Å². The predicted octanol–water partition coefficient (Wildman–Crippen LogP) is 3.60. The zero-order chi connectivity index (χ0) is 31.9. The normalized spacial score (nSPS) is 11.6. The predicted molar refractivity (Wildman–Crippen MR) is 150 cm³/mol. The van der Waals surface area contributed by atoms with E-state index in [0.717, 1.165) is 5.56 Å². The van der Waals surface area contributed by atoms with Crippen LogP contribution in [0, 0.1) is 6.92 Å². The third kappa shape index (κ3) is 8.27. The smallest absolute Gasteiger partial charge is 0.475 e. The Hall–Kier alpha value is -5.02. The van der Waals surface area contributed by atoms with E-state index in [4.69, 9.17) is 32.0 Å². The third-order valence-corrected chi connectivity index (χ3v) is 6.10. The van der Waals surface area contributed by atoms with E-state index in [1.165, 1.54) is 31.4 Å². The maximum Gasteiger partial charge on any atom is 0.490 e. The Morgan fingerprint density at radius 3 is 2.33 bits per heavy atom. The average molecular weight is 621 g/mol. The van der Waals surface area contributed by atoms with Gasteiger partial charge >= 0.3 is 18.2 Å². The van der Waals surface area contributed by atoms with Crippen LogP contribution >= 0.6 is 11.6 Å². The van der Waals surface area contributed by atoms with E-state index in [0.29, 0.717) is 11.1 Å². The number of ether oxygens (including phenoxy) is 1. The Morgan fingerprint density at radius 1 is 1.09 bits per heavy atom. The van der Waals surface area contributed by atoms with Gasteiger partial charge in [0.1, 0.15) is 11.2 Å². The third-order valence-electron chi connectivity index (χ3n) is 5.77.